The number of fused-ring (bicyclic) bond motifs is 1. The highest BCUT2D eigenvalue weighted by atomic mass is 16.5. The molecule has 0 spiro atoms. The molecule has 0 radical (unpaired) electrons. The number of esters is 1. The molecule has 5 heteroatoms. The van der Waals surface area contributed by atoms with Crippen molar-refractivity contribution in [2.45, 2.75) is 39.0 Å². The third-order valence-corrected chi connectivity index (χ3v) is 4.69. The first-order chi connectivity index (χ1) is 11.1. The Hall–Kier alpha value is -2.17. The van der Waals surface area contributed by atoms with Crippen molar-refractivity contribution >= 4 is 17.8 Å². The van der Waals surface area contributed by atoms with Crippen molar-refractivity contribution in [3.05, 3.63) is 29.8 Å². The Morgan fingerprint density at radius 3 is 2.43 bits per heavy atom. The standard InChI is InChI=1S/C18H21NO4/c1-12-5-4-6-13(11-12)23-16(20)9-10-19-17(21)14-7-2-3-8-15(14)18(19)22/h4-6,11,14-15H,2-3,7-10H2,1H3/t14-,15-/m0/s1. The number of amides is 2. The van der Waals surface area contributed by atoms with Gasteiger partial charge in [0.05, 0.1) is 18.3 Å². The fraction of sp³-hybridized carbons (Fsp3) is 0.500. The van der Waals surface area contributed by atoms with E-state index in [0.29, 0.717) is 5.75 Å². The number of aryl methyl sites for hydroxylation is 1. The molecular weight excluding hydrogens is 294 g/mol. The second kappa shape index (κ2) is 6.52. The van der Waals surface area contributed by atoms with Crippen molar-refractivity contribution in [3.8, 4) is 5.75 Å². The lowest BCUT2D eigenvalue weighted by Crippen LogP contribution is -2.33. The van der Waals surface area contributed by atoms with Gasteiger partial charge in [-0.05, 0) is 37.5 Å². The zero-order valence-corrected chi connectivity index (χ0v) is 13.3. The van der Waals surface area contributed by atoms with Crippen LogP contribution in [0.3, 0.4) is 0 Å². The molecule has 1 heterocycles. The van der Waals surface area contributed by atoms with Crippen LogP contribution in [0.2, 0.25) is 0 Å². The lowest BCUT2D eigenvalue weighted by Gasteiger charge is -2.19. The van der Waals surface area contributed by atoms with Gasteiger partial charge in [0.2, 0.25) is 11.8 Å². The van der Waals surface area contributed by atoms with Gasteiger partial charge >= 0.3 is 5.97 Å². The summed E-state index contributed by atoms with van der Waals surface area (Å²) in [6.45, 7) is 2.04. The van der Waals surface area contributed by atoms with Crippen LogP contribution in [0.5, 0.6) is 5.75 Å². The molecule has 2 amide bonds. The Morgan fingerprint density at radius 2 is 1.83 bits per heavy atom. The summed E-state index contributed by atoms with van der Waals surface area (Å²) in [4.78, 5) is 37.8. The lowest BCUT2D eigenvalue weighted by molar-refractivity contribution is -0.141. The van der Waals surface area contributed by atoms with Crippen molar-refractivity contribution < 1.29 is 19.1 Å². The van der Waals surface area contributed by atoms with Crippen molar-refractivity contribution in [1.82, 2.24) is 4.90 Å². The molecule has 0 unspecified atom stereocenters. The third kappa shape index (κ3) is 3.28. The van der Waals surface area contributed by atoms with Gasteiger partial charge in [-0.2, -0.15) is 0 Å². The maximum Gasteiger partial charge on any atom is 0.312 e. The predicted molar refractivity (Wildman–Crippen MR) is 83.6 cm³/mol. The molecule has 5 nitrogen and oxygen atoms in total. The number of nitrogens with zero attached hydrogens (tertiary/aromatic N) is 1. The van der Waals surface area contributed by atoms with E-state index in [1.165, 1.54) is 4.90 Å². The summed E-state index contributed by atoms with van der Waals surface area (Å²) in [5, 5.41) is 0. The van der Waals surface area contributed by atoms with Gasteiger partial charge in [-0.1, -0.05) is 25.0 Å². The SMILES string of the molecule is Cc1cccc(OC(=O)CCN2C(=O)[C@H]3CCCC[C@@H]3C2=O)c1. The van der Waals surface area contributed by atoms with Gasteiger partial charge in [0, 0.05) is 6.54 Å². The topological polar surface area (TPSA) is 63.7 Å². The number of carbonyl (C=O) groups excluding carboxylic acids is 3. The van der Waals surface area contributed by atoms with Crippen LogP contribution >= 0.6 is 0 Å². The fourth-order valence-corrected chi connectivity index (χ4v) is 3.52. The van der Waals surface area contributed by atoms with Gasteiger partial charge < -0.3 is 4.74 Å². The van der Waals surface area contributed by atoms with Crippen LogP contribution in [-0.2, 0) is 14.4 Å². The average molecular weight is 315 g/mol. The smallest absolute Gasteiger partial charge is 0.312 e. The van der Waals surface area contributed by atoms with Crippen LogP contribution in [-0.4, -0.2) is 29.2 Å². The molecule has 1 aliphatic heterocycles. The number of rotatable bonds is 4. The first kappa shape index (κ1) is 15.7. The molecule has 2 atom stereocenters. The summed E-state index contributed by atoms with van der Waals surface area (Å²) >= 11 is 0. The minimum absolute atomic E-state index is 0.0326. The van der Waals surface area contributed by atoms with Crippen LogP contribution in [0.1, 0.15) is 37.7 Å². The van der Waals surface area contributed by atoms with E-state index in [4.69, 9.17) is 4.74 Å². The number of carbonyl (C=O) groups is 3. The molecule has 2 aliphatic rings. The number of hydrogen-bond acceptors (Lipinski definition) is 4. The maximum absolute atomic E-state index is 12.3. The number of imide groups is 1. The van der Waals surface area contributed by atoms with E-state index in [-0.39, 0.29) is 36.6 Å². The van der Waals surface area contributed by atoms with E-state index in [0.717, 1.165) is 31.2 Å². The van der Waals surface area contributed by atoms with Gasteiger partial charge in [0.1, 0.15) is 5.75 Å². The van der Waals surface area contributed by atoms with Crippen LogP contribution in [0.15, 0.2) is 24.3 Å². The third-order valence-electron chi connectivity index (χ3n) is 4.69. The molecule has 1 aliphatic carbocycles. The van der Waals surface area contributed by atoms with Gasteiger partial charge in [-0.25, -0.2) is 0 Å². The molecule has 0 N–H and O–H groups in total. The van der Waals surface area contributed by atoms with Gasteiger partial charge in [-0.15, -0.1) is 0 Å². The number of likely N-dealkylation sites (tertiary alicyclic amines) is 1. The van der Waals surface area contributed by atoms with Gasteiger partial charge in [-0.3, -0.25) is 19.3 Å². The van der Waals surface area contributed by atoms with Crippen LogP contribution < -0.4 is 4.74 Å². The molecule has 0 bridgehead atoms. The molecule has 1 saturated carbocycles. The maximum atomic E-state index is 12.3. The Kier molecular flexibility index (Phi) is 4.46. The van der Waals surface area contributed by atoms with Crippen molar-refractivity contribution in [2.75, 3.05) is 6.54 Å². The molecule has 122 valence electrons. The minimum atomic E-state index is -0.425. The molecule has 23 heavy (non-hydrogen) atoms. The van der Waals surface area contributed by atoms with Gasteiger partial charge in [0.25, 0.3) is 0 Å². The largest absolute Gasteiger partial charge is 0.426 e. The lowest BCUT2D eigenvalue weighted by atomic mass is 9.81. The summed E-state index contributed by atoms with van der Waals surface area (Å²) in [7, 11) is 0. The highest BCUT2D eigenvalue weighted by Gasteiger charge is 2.47. The predicted octanol–water partition coefficient (Wildman–Crippen LogP) is 2.47. The van der Waals surface area contributed by atoms with E-state index < -0.39 is 5.97 Å². The van der Waals surface area contributed by atoms with Crippen LogP contribution in [0.25, 0.3) is 0 Å². The molecule has 2 fully saturated rings. The molecule has 0 aromatic heterocycles. The highest BCUT2D eigenvalue weighted by molar-refractivity contribution is 6.05. The number of ether oxygens (including phenoxy) is 1. The van der Waals surface area contributed by atoms with E-state index >= 15 is 0 Å². The normalized spacial score (nSPS) is 23.8. The van der Waals surface area contributed by atoms with E-state index in [1.54, 1.807) is 12.1 Å². The molecule has 1 saturated heterocycles. The summed E-state index contributed by atoms with van der Waals surface area (Å²) in [5.41, 5.74) is 1.00. The minimum Gasteiger partial charge on any atom is -0.426 e. The molecule has 3 rings (SSSR count). The van der Waals surface area contributed by atoms with E-state index in [2.05, 4.69) is 0 Å². The first-order valence-corrected chi connectivity index (χ1v) is 8.19. The summed E-state index contributed by atoms with van der Waals surface area (Å²) in [5.74, 6) is -0.479. The Balaban J connectivity index is 1.56. The number of benzene rings is 1. The Bertz CT molecular complexity index is 616. The average Bonchev–Trinajstić information content (AvgIpc) is 2.77. The molecule has 1 aromatic carbocycles. The van der Waals surface area contributed by atoms with E-state index in [1.807, 2.05) is 19.1 Å². The fourth-order valence-electron chi connectivity index (χ4n) is 3.52. The molecule has 1 aromatic rings. The number of hydrogen-bond donors (Lipinski definition) is 0. The second-order valence-corrected chi connectivity index (χ2v) is 6.37. The first-order valence-electron chi connectivity index (χ1n) is 8.19. The zero-order valence-electron chi connectivity index (χ0n) is 13.3. The highest BCUT2D eigenvalue weighted by Crippen LogP contribution is 2.37. The summed E-state index contributed by atoms with van der Waals surface area (Å²) in [6, 6.07) is 7.22. The zero-order chi connectivity index (χ0) is 16.4. The van der Waals surface area contributed by atoms with Crippen LogP contribution in [0.4, 0.5) is 0 Å². The quantitative estimate of drug-likeness (QED) is 0.486. The monoisotopic (exact) mass is 315 g/mol. The van der Waals surface area contributed by atoms with E-state index in [9.17, 15) is 14.4 Å². The van der Waals surface area contributed by atoms with Gasteiger partial charge in [0.15, 0.2) is 0 Å². The van der Waals surface area contributed by atoms with Crippen molar-refractivity contribution in [2.24, 2.45) is 11.8 Å². The summed E-state index contributed by atoms with van der Waals surface area (Å²) in [6.07, 6.45) is 3.62. The summed E-state index contributed by atoms with van der Waals surface area (Å²) < 4.78 is 5.26. The second-order valence-electron chi connectivity index (χ2n) is 6.37. The Labute approximate surface area is 135 Å². The van der Waals surface area contributed by atoms with Crippen LogP contribution in [0, 0.1) is 18.8 Å². The molecular formula is C18H21NO4. The Morgan fingerprint density at radius 1 is 1.17 bits per heavy atom. The van der Waals surface area contributed by atoms with Crippen molar-refractivity contribution in [1.29, 1.82) is 0 Å². The van der Waals surface area contributed by atoms with Crippen molar-refractivity contribution in [3.63, 3.8) is 0 Å².